The lowest BCUT2D eigenvalue weighted by molar-refractivity contribution is 0.295. The summed E-state index contributed by atoms with van der Waals surface area (Å²) in [6, 6.07) is 3.72. The quantitative estimate of drug-likeness (QED) is 0.611. The monoisotopic (exact) mass is 288 g/mol. The van der Waals surface area contributed by atoms with Crippen molar-refractivity contribution in [1.29, 1.82) is 0 Å². The second-order valence-corrected chi connectivity index (χ2v) is 4.70. The average Bonchev–Trinajstić information content (AvgIpc) is 2.50. The van der Waals surface area contributed by atoms with Crippen molar-refractivity contribution in [3.8, 4) is 0 Å². The molecule has 0 aliphatic rings. The molecule has 0 amide bonds. The third kappa shape index (κ3) is 5.08. The van der Waals surface area contributed by atoms with Gasteiger partial charge in [0.05, 0.1) is 17.2 Å². The third-order valence-electron chi connectivity index (χ3n) is 3.08. The summed E-state index contributed by atoms with van der Waals surface area (Å²) in [4.78, 5) is 4.17. The van der Waals surface area contributed by atoms with Crippen molar-refractivity contribution in [3.05, 3.63) is 59.0 Å². The Morgan fingerprint density at radius 3 is 2.67 bits per heavy atom. The minimum absolute atomic E-state index is 0.233. The fourth-order valence-corrected chi connectivity index (χ4v) is 1.78. The second-order valence-electron chi connectivity index (χ2n) is 4.70. The number of hydrogen-bond donors (Lipinski definition) is 2. The molecular weight excluding hydrogens is 264 g/mol. The van der Waals surface area contributed by atoms with Gasteiger partial charge in [0, 0.05) is 24.7 Å². The molecule has 0 aliphatic carbocycles. The summed E-state index contributed by atoms with van der Waals surface area (Å²) in [5.41, 5.74) is 7.99. The number of pyridine rings is 1. The molecule has 0 unspecified atom stereocenters. The van der Waals surface area contributed by atoms with Crippen LogP contribution in [-0.4, -0.2) is 10.1 Å². The molecule has 114 valence electrons. The molecule has 4 nitrogen and oxygen atoms in total. The first-order valence-corrected chi connectivity index (χ1v) is 7.08. The lowest BCUT2D eigenvalue weighted by Crippen LogP contribution is -2.00. The molecule has 0 saturated heterocycles. The van der Waals surface area contributed by atoms with E-state index in [2.05, 4.69) is 4.98 Å². The Morgan fingerprint density at radius 2 is 2.14 bits per heavy atom. The number of aliphatic hydroxyl groups is 1. The maximum absolute atomic E-state index is 9.98. The fourth-order valence-electron chi connectivity index (χ4n) is 1.78. The van der Waals surface area contributed by atoms with E-state index in [1.54, 1.807) is 13.1 Å². The zero-order chi connectivity index (χ0) is 15.8. The molecule has 1 aromatic heterocycles. The van der Waals surface area contributed by atoms with Gasteiger partial charge in [0.2, 0.25) is 0 Å². The minimum Gasteiger partial charge on any atom is -0.512 e. The Hall–Kier alpha value is -2.07. The summed E-state index contributed by atoms with van der Waals surface area (Å²) in [5, 5.41) is 9.98. The van der Waals surface area contributed by atoms with Crippen molar-refractivity contribution in [3.63, 3.8) is 0 Å². The summed E-state index contributed by atoms with van der Waals surface area (Å²) >= 11 is 0. The maximum Gasteiger partial charge on any atom is 0.104 e. The lowest BCUT2D eigenvalue weighted by atomic mass is 10.0. The molecule has 0 aromatic carbocycles. The zero-order valence-electron chi connectivity index (χ0n) is 13.2. The number of hydrogen-bond acceptors (Lipinski definition) is 4. The smallest absolute Gasteiger partial charge is 0.104 e. The third-order valence-corrected chi connectivity index (χ3v) is 3.08. The van der Waals surface area contributed by atoms with Gasteiger partial charge in [0.1, 0.15) is 5.76 Å². The summed E-state index contributed by atoms with van der Waals surface area (Å²) in [5.74, 6) is 1.85. The maximum atomic E-state index is 9.98. The number of nitrogens with two attached hydrogens (primary N) is 1. The molecule has 4 heteroatoms. The number of nitrogens with zero attached hydrogens (tertiary/aromatic N) is 1. The highest BCUT2D eigenvalue weighted by Gasteiger charge is 2.07. The van der Waals surface area contributed by atoms with Crippen molar-refractivity contribution in [2.75, 3.05) is 0 Å². The van der Waals surface area contributed by atoms with Gasteiger partial charge in [-0.2, -0.15) is 0 Å². The summed E-state index contributed by atoms with van der Waals surface area (Å²) < 4.78 is 5.74. The van der Waals surface area contributed by atoms with E-state index in [0.717, 1.165) is 29.2 Å². The highest BCUT2D eigenvalue weighted by atomic mass is 16.5. The summed E-state index contributed by atoms with van der Waals surface area (Å²) in [7, 11) is 0. The minimum atomic E-state index is 0.233. The van der Waals surface area contributed by atoms with Crippen LogP contribution >= 0.6 is 0 Å². The first-order valence-electron chi connectivity index (χ1n) is 7.08. The standard InChI is InChI=1S/C17H24N2O2/c1-5-12(3)21-16(6-2)10-17(13(4)20)14-7-8-19-15(9-14)11-18/h5,7-10,20H,6,11,18H2,1-4H3/b12-5+,16-10+,17-13-. The molecule has 1 heterocycles. The van der Waals surface area contributed by atoms with Crippen LogP contribution in [0.1, 0.15) is 45.4 Å². The molecule has 0 fully saturated rings. The summed E-state index contributed by atoms with van der Waals surface area (Å²) in [6.45, 7) is 7.86. The van der Waals surface area contributed by atoms with Crippen molar-refractivity contribution >= 4 is 5.57 Å². The molecule has 1 rings (SSSR count). The van der Waals surface area contributed by atoms with Crippen molar-refractivity contribution in [1.82, 2.24) is 4.98 Å². The van der Waals surface area contributed by atoms with Gasteiger partial charge < -0.3 is 15.6 Å². The van der Waals surface area contributed by atoms with Crippen LogP contribution in [0.15, 0.2) is 47.8 Å². The van der Waals surface area contributed by atoms with E-state index in [-0.39, 0.29) is 5.76 Å². The molecule has 21 heavy (non-hydrogen) atoms. The van der Waals surface area contributed by atoms with Crippen molar-refractivity contribution < 1.29 is 9.84 Å². The van der Waals surface area contributed by atoms with Gasteiger partial charge in [0.25, 0.3) is 0 Å². The van der Waals surface area contributed by atoms with Crippen molar-refractivity contribution in [2.24, 2.45) is 5.73 Å². The van der Waals surface area contributed by atoms with Crippen LogP contribution in [0, 0.1) is 0 Å². The van der Waals surface area contributed by atoms with E-state index in [9.17, 15) is 5.11 Å². The predicted octanol–water partition coefficient (Wildman–Crippen LogP) is 4.06. The van der Waals surface area contributed by atoms with Gasteiger partial charge >= 0.3 is 0 Å². The molecule has 0 bridgehead atoms. The van der Waals surface area contributed by atoms with Crippen LogP contribution in [0.2, 0.25) is 0 Å². The first kappa shape index (κ1) is 17.0. The van der Waals surface area contributed by atoms with Gasteiger partial charge in [-0.15, -0.1) is 0 Å². The number of rotatable bonds is 6. The number of allylic oxidation sites excluding steroid dienone is 6. The van der Waals surface area contributed by atoms with Crippen LogP contribution in [-0.2, 0) is 11.3 Å². The van der Waals surface area contributed by atoms with E-state index in [0.29, 0.717) is 12.1 Å². The Bertz CT molecular complexity index is 568. The Balaban J connectivity index is 3.21. The molecular formula is C17H24N2O2. The van der Waals surface area contributed by atoms with Crippen LogP contribution in [0.25, 0.3) is 5.57 Å². The highest BCUT2D eigenvalue weighted by Crippen LogP contribution is 2.23. The van der Waals surface area contributed by atoms with Gasteiger partial charge in [-0.25, -0.2) is 0 Å². The SMILES string of the molecule is C/C=C(\C)O/C(=C/C(=C(\C)O)c1ccnc(CN)c1)CC. The average molecular weight is 288 g/mol. The zero-order valence-corrected chi connectivity index (χ0v) is 13.2. The van der Waals surface area contributed by atoms with E-state index in [1.807, 2.05) is 45.1 Å². The molecule has 1 aromatic rings. The van der Waals surface area contributed by atoms with Gasteiger partial charge in [-0.05, 0) is 50.6 Å². The van der Waals surface area contributed by atoms with Gasteiger partial charge in [-0.3, -0.25) is 4.98 Å². The number of ether oxygens (including phenoxy) is 1. The Labute approximate surface area is 126 Å². The Morgan fingerprint density at radius 1 is 1.43 bits per heavy atom. The Kier molecular flexibility index (Phi) is 6.69. The molecule has 0 saturated carbocycles. The van der Waals surface area contributed by atoms with Crippen LogP contribution in [0.5, 0.6) is 0 Å². The molecule has 0 spiro atoms. The fraction of sp³-hybridized carbons (Fsp3) is 0.353. The van der Waals surface area contributed by atoms with E-state index < -0.39 is 0 Å². The number of aliphatic hydroxyl groups excluding tert-OH is 1. The van der Waals surface area contributed by atoms with Crippen LogP contribution in [0.4, 0.5) is 0 Å². The van der Waals surface area contributed by atoms with Crippen LogP contribution in [0.3, 0.4) is 0 Å². The van der Waals surface area contributed by atoms with E-state index in [4.69, 9.17) is 10.5 Å². The molecule has 0 aliphatic heterocycles. The molecule has 0 atom stereocenters. The normalized spacial score (nSPS) is 14.0. The predicted molar refractivity (Wildman–Crippen MR) is 86.2 cm³/mol. The summed E-state index contributed by atoms with van der Waals surface area (Å²) in [6.07, 6.45) is 6.18. The largest absolute Gasteiger partial charge is 0.512 e. The van der Waals surface area contributed by atoms with E-state index >= 15 is 0 Å². The van der Waals surface area contributed by atoms with E-state index in [1.165, 1.54) is 0 Å². The molecule has 0 radical (unpaired) electrons. The van der Waals surface area contributed by atoms with Gasteiger partial charge in [0.15, 0.2) is 0 Å². The van der Waals surface area contributed by atoms with Crippen molar-refractivity contribution in [2.45, 2.75) is 40.7 Å². The number of aromatic nitrogens is 1. The molecule has 3 N–H and O–H groups in total. The first-order chi connectivity index (χ1) is 10.0. The lowest BCUT2D eigenvalue weighted by Gasteiger charge is -2.11. The van der Waals surface area contributed by atoms with Crippen LogP contribution < -0.4 is 5.73 Å². The second kappa shape index (κ2) is 8.27. The topological polar surface area (TPSA) is 68.4 Å². The van der Waals surface area contributed by atoms with Gasteiger partial charge in [-0.1, -0.05) is 6.92 Å². The highest BCUT2D eigenvalue weighted by molar-refractivity contribution is 5.75.